The van der Waals surface area contributed by atoms with Crippen LogP contribution in [0.1, 0.15) is 10.4 Å². The maximum absolute atomic E-state index is 12.1. The second-order valence-corrected chi connectivity index (χ2v) is 5.03. The van der Waals surface area contributed by atoms with Crippen LogP contribution in [0.5, 0.6) is 0 Å². The highest BCUT2D eigenvalue weighted by atomic mass is 79.9. The molecule has 1 amide bonds. The summed E-state index contributed by atoms with van der Waals surface area (Å²) in [5.74, 6) is 0.664. The molecule has 0 bridgehead atoms. The largest absolute Gasteiger partial charge is 0.457 e. The summed E-state index contributed by atoms with van der Waals surface area (Å²) in [6, 6.07) is 1.69. The average molecular weight is 322 g/mol. The van der Waals surface area contributed by atoms with Crippen molar-refractivity contribution in [1.29, 1.82) is 0 Å². The average Bonchev–Trinajstić information content (AvgIpc) is 2.76. The Morgan fingerprint density at radius 2 is 2.12 bits per heavy atom. The predicted octanol–water partition coefficient (Wildman–Crippen LogP) is 2.04. The van der Waals surface area contributed by atoms with Gasteiger partial charge in [-0.15, -0.1) is 11.6 Å². The number of hydrogen-bond donors (Lipinski definition) is 0. The van der Waals surface area contributed by atoms with E-state index in [-0.39, 0.29) is 5.91 Å². The molecule has 1 aromatic heterocycles. The Bertz CT molecular complexity index is 389. The van der Waals surface area contributed by atoms with E-state index in [4.69, 9.17) is 16.0 Å². The second kappa shape index (κ2) is 5.89. The summed E-state index contributed by atoms with van der Waals surface area (Å²) in [7, 11) is 0. The summed E-state index contributed by atoms with van der Waals surface area (Å²) in [5, 5.41) is 0. The van der Waals surface area contributed by atoms with Crippen LogP contribution in [0.3, 0.4) is 0 Å². The molecule has 0 aliphatic carbocycles. The first-order chi connectivity index (χ1) is 8.22. The molecule has 0 atom stereocenters. The van der Waals surface area contributed by atoms with Crippen molar-refractivity contribution in [3.63, 3.8) is 0 Å². The van der Waals surface area contributed by atoms with Crippen molar-refractivity contribution < 1.29 is 9.21 Å². The van der Waals surface area contributed by atoms with Gasteiger partial charge < -0.3 is 9.32 Å². The highest BCUT2D eigenvalue weighted by molar-refractivity contribution is 9.10. The van der Waals surface area contributed by atoms with E-state index in [1.54, 1.807) is 6.07 Å². The Balaban J connectivity index is 1.93. The third kappa shape index (κ3) is 3.03. The number of nitrogens with zero attached hydrogens (tertiary/aromatic N) is 2. The van der Waals surface area contributed by atoms with Crippen molar-refractivity contribution in [2.75, 3.05) is 38.6 Å². The number of piperazine rings is 1. The minimum atomic E-state index is 0.0242. The number of alkyl halides is 1. The molecule has 2 rings (SSSR count). The van der Waals surface area contributed by atoms with Crippen LogP contribution in [0.2, 0.25) is 0 Å². The predicted molar refractivity (Wildman–Crippen MR) is 69.5 cm³/mol. The molecule has 0 saturated carbocycles. The molecule has 94 valence electrons. The molecule has 1 aliphatic heterocycles. The fourth-order valence-corrected chi connectivity index (χ4v) is 2.56. The minimum absolute atomic E-state index is 0.0242. The Labute approximate surface area is 114 Å². The van der Waals surface area contributed by atoms with Gasteiger partial charge >= 0.3 is 0 Å². The number of carbonyl (C=O) groups excluding carboxylic acids is 1. The van der Waals surface area contributed by atoms with Gasteiger partial charge in [0.1, 0.15) is 0 Å². The fourth-order valence-electron chi connectivity index (χ4n) is 1.91. The Kier molecular flexibility index (Phi) is 4.48. The van der Waals surface area contributed by atoms with Gasteiger partial charge in [-0.3, -0.25) is 9.69 Å². The fraction of sp³-hybridized carbons (Fsp3) is 0.545. The number of hydrogen-bond acceptors (Lipinski definition) is 3. The van der Waals surface area contributed by atoms with Crippen molar-refractivity contribution in [1.82, 2.24) is 9.80 Å². The summed E-state index contributed by atoms with van der Waals surface area (Å²) in [6.07, 6.45) is 1.51. The molecular weight excluding hydrogens is 307 g/mol. The number of amides is 1. The van der Waals surface area contributed by atoms with Gasteiger partial charge in [-0.2, -0.15) is 0 Å². The number of furan rings is 1. The Hall–Kier alpha value is -0.520. The van der Waals surface area contributed by atoms with E-state index in [9.17, 15) is 4.79 Å². The lowest BCUT2D eigenvalue weighted by Crippen LogP contribution is -2.49. The van der Waals surface area contributed by atoms with E-state index < -0.39 is 0 Å². The molecule has 1 aliphatic rings. The smallest absolute Gasteiger partial charge is 0.258 e. The zero-order valence-corrected chi connectivity index (χ0v) is 11.7. The van der Waals surface area contributed by atoms with E-state index in [0.717, 1.165) is 32.7 Å². The monoisotopic (exact) mass is 320 g/mol. The van der Waals surface area contributed by atoms with Crippen molar-refractivity contribution in [2.24, 2.45) is 0 Å². The third-order valence-corrected chi connectivity index (χ3v) is 3.69. The maximum Gasteiger partial charge on any atom is 0.258 e. The Morgan fingerprint density at radius 1 is 1.41 bits per heavy atom. The van der Waals surface area contributed by atoms with Gasteiger partial charge in [-0.25, -0.2) is 0 Å². The van der Waals surface area contributed by atoms with Crippen molar-refractivity contribution in [3.05, 3.63) is 22.6 Å². The molecule has 0 unspecified atom stereocenters. The summed E-state index contributed by atoms with van der Waals surface area (Å²) < 4.78 is 5.58. The van der Waals surface area contributed by atoms with Gasteiger partial charge in [-0.05, 0) is 22.0 Å². The molecule has 1 aromatic rings. The SMILES string of the molecule is O=C(c1ccoc1Br)N1CCN(CCCl)CC1. The lowest BCUT2D eigenvalue weighted by atomic mass is 10.2. The van der Waals surface area contributed by atoms with E-state index in [0.29, 0.717) is 16.1 Å². The summed E-state index contributed by atoms with van der Waals surface area (Å²) in [4.78, 5) is 16.3. The molecule has 1 saturated heterocycles. The zero-order valence-electron chi connectivity index (χ0n) is 9.36. The van der Waals surface area contributed by atoms with Gasteiger partial charge in [0.05, 0.1) is 11.8 Å². The van der Waals surface area contributed by atoms with Gasteiger partial charge in [-0.1, -0.05) is 0 Å². The number of carbonyl (C=O) groups is 1. The highest BCUT2D eigenvalue weighted by Crippen LogP contribution is 2.20. The summed E-state index contributed by atoms with van der Waals surface area (Å²) >= 11 is 8.92. The molecule has 6 heteroatoms. The van der Waals surface area contributed by atoms with Crippen molar-refractivity contribution in [2.45, 2.75) is 0 Å². The molecule has 4 nitrogen and oxygen atoms in total. The minimum Gasteiger partial charge on any atom is -0.457 e. The quantitative estimate of drug-likeness (QED) is 0.800. The standard InChI is InChI=1S/C11H14BrClN2O2/c12-10-9(1-8-17-10)11(16)15-6-4-14(3-2-13)5-7-15/h1,8H,2-7H2. The first-order valence-corrected chi connectivity index (χ1v) is 6.85. The number of halogens is 2. The van der Waals surface area contributed by atoms with Crippen molar-refractivity contribution >= 4 is 33.4 Å². The first kappa shape index (κ1) is 12.9. The normalized spacial score (nSPS) is 17.4. The lowest BCUT2D eigenvalue weighted by molar-refractivity contribution is 0.0642. The van der Waals surface area contributed by atoms with Crippen molar-refractivity contribution in [3.8, 4) is 0 Å². The van der Waals surface area contributed by atoms with Crippen LogP contribution in [-0.4, -0.2) is 54.3 Å². The molecular formula is C11H14BrClN2O2. The maximum atomic E-state index is 12.1. The third-order valence-electron chi connectivity index (χ3n) is 2.91. The second-order valence-electron chi connectivity index (χ2n) is 3.93. The van der Waals surface area contributed by atoms with Crippen LogP contribution in [0.25, 0.3) is 0 Å². The topological polar surface area (TPSA) is 36.7 Å². The molecule has 0 N–H and O–H groups in total. The van der Waals surface area contributed by atoms with Crippen LogP contribution in [0.4, 0.5) is 0 Å². The van der Waals surface area contributed by atoms with Crippen LogP contribution in [-0.2, 0) is 0 Å². The lowest BCUT2D eigenvalue weighted by Gasteiger charge is -2.34. The first-order valence-electron chi connectivity index (χ1n) is 5.53. The molecule has 17 heavy (non-hydrogen) atoms. The molecule has 0 aromatic carbocycles. The van der Waals surface area contributed by atoms with Crippen LogP contribution in [0.15, 0.2) is 21.4 Å². The molecule has 2 heterocycles. The van der Waals surface area contributed by atoms with E-state index in [1.165, 1.54) is 6.26 Å². The van der Waals surface area contributed by atoms with Gasteiger partial charge in [0, 0.05) is 38.6 Å². The van der Waals surface area contributed by atoms with Gasteiger partial charge in [0.15, 0.2) is 4.67 Å². The van der Waals surface area contributed by atoms with Gasteiger partial charge in [0.25, 0.3) is 5.91 Å². The van der Waals surface area contributed by atoms with Gasteiger partial charge in [0.2, 0.25) is 0 Å². The molecule has 0 spiro atoms. The highest BCUT2D eigenvalue weighted by Gasteiger charge is 2.24. The van der Waals surface area contributed by atoms with E-state index >= 15 is 0 Å². The zero-order chi connectivity index (χ0) is 12.3. The summed E-state index contributed by atoms with van der Waals surface area (Å²) in [6.45, 7) is 4.14. The van der Waals surface area contributed by atoms with E-state index in [2.05, 4.69) is 20.8 Å². The Morgan fingerprint density at radius 3 is 2.65 bits per heavy atom. The molecule has 0 radical (unpaired) electrons. The van der Waals surface area contributed by atoms with Crippen LogP contribution in [0, 0.1) is 0 Å². The van der Waals surface area contributed by atoms with E-state index in [1.807, 2.05) is 4.90 Å². The summed E-state index contributed by atoms with van der Waals surface area (Å²) in [5.41, 5.74) is 0.593. The van der Waals surface area contributed by atoms with Crippen LogP contribution < -0.4 is 0 Å². The number of rotatable bonds is 3. The van der Waals surface area contributed by atoms with Crippen LogP contribution >= 0.6 is 27.5 Å². The molecule has 1 fully saturated rings.